The first kappa shape index (κ1) is 20.3. The van der Waals surface area contributed by atoms with Crippen LogP contribution in [0.15, 0.2) is 41.4 Å². The number of hydrogen-bond acceptors (Lipinski definition) is 3. The molecule has 1 aromatic carbocycles. The van der Waals surface area contributed by atoms with Gasteiger partial charge in [-0.3, -0.25) is 4.79 Å². The van der Waals surface area contributed by atoms with Crippen molar-refractivity contribution in [3.63, 3.8) is 0 Å². The number of benzene rings is 1. The number of ether oxygens (including phenoxy) is 1. The molecular formula is C17H25IN4O2. The van der Waals surface area contributed by atoms with Crippen molar-refractivity contribution in [3.05, 3.63) is 42.0 Å². The molecule has 0 atom stereocenters. The van der Waals surface area contributed by atoms with Gasteiger partial charge in [0.15, 0.2) is 12.6 Å². The van der Waals surface area contributed by atoms with Crippen LogP contribution in [0.4, 0.5) is 0 Å². The molecule has 6 nitrogen and oxygen atoms in total. The quantitative estimate of drug-likeness (QED) is 0.260. The van der Waals surface area contributed by atoms with Crippen LogP contribution in [0, 0.1) is 0 Å². The summed E-state index contributed by atoms with van der Waals surface area (Å²) in [6.45, 7) is 3.27. The average molecular weight is 444 g/mol. The van der Waals surface area contributed by atoms with E-state index in [1.807, 2.05) is 25.1 Å². The molecule has 1 aliphatic carbocycles. The Balaban J connectivity index is 0.00000288. The van der Waals surface area contributed by atoms with Gasteiger partial charge in [0.1, 0.15) is 5.75 Å². The first-order chi connectivity index (χ1) is 11.2. The van der Waals surface area contributed by atoms with Crippen molar-refractivity contribution in [1.82, 2.24) is 10.6 Å². The van der Waals surface area contributed by atoms with Crippen LogP contribution in [0.2, 0.25) is 0 Å². The van der Waals surface area contributed by atoms with E-state index in [1.165, 1.54) is 0 Å². The average Bonchev–Trinajstić information content (AvgIpc) is 3.04. The van der Waals surface area contributed by atoms with Crippen molar-refractivity contribution in [2.75, 3.05) is 13.2 Å². The van der Waals surface area contributed by atoms with Crippen molar-refractivity contribution >= 4 is 35.8 Å². The van der Waals surface area contributed by atoms with Crippen molar-refractivity contribution in [3.8, 4) is 5.75 Å². The molecule has 0 unspecified atom stereocenters. The van der Waals surface area contributed by atoms with Gasteiger partial charge in [-0.2, -0.15) is 0 Å². The molecule has 0 saturated carbocycles. The number of primary amides is 1. The number of amides is 1. The molecule has 0 spiro atoms. The van der Waals surface area contributed by atoms with Gasteiger partial charge in [-0.15, -0.1) is 24.0 Å². The molecule has 0 fully saturated rings. The largest absolute Gasteiger partial charge is 0.484 e. The molecule has 1 aliphatic rings. The molecule has 1 aromatic rings. The second kappa shape index (κ2) is 10.9. The molecule has 4 N–H and O–H groups in total. The summed E-state index contributed by atoms with van der Waals surface area (Å²) in [6.07, 6.45) is 6.42. The van der Waals surface area contributed by atoms with Crippen LogP contribution in [0.3, 0.4) is 0 Å². The summed E-state index contributed by atoms with van der Waals surface area (Å²) in [5, 5.41) is 6.68. The van der Waals surface area contributed by atoms with E-state index in [0.29, 0.717) is 18.3 Å². The molecule has 1 amide bonds. The molecule has 0 heterocycles. The minimum Gasteiger partial charge on any atom is -0.484 e. The van der Waals surface area contributed by atoms with Crippen LogP contribution in [-0.2, 0) is 11.3 Å². The molecule has 132 valence electrons. The third kappa shape index (κ3) is 7.20. The first-order valence-electron chi connectivity index (χ1n) is 7.87. The van der Waals surface area contributed by atoms with Gasteiger partial charge in [0.25, 0.3) is 5.91 Å². The van der Waals surface area contributed by atoms with Crippen molar-refractivity contribution in [2.24, 2.45) is 10.7 Å². The monoisotopic (exact) mass is 444 g/mol. The lowest BCUT2D eigenvalue weighted by Gasteiger charge is -2.16. The maximum atomic E-state index is 10.8. The van der Waals surface area contributed by atoms with Gasteiger partial charge in [0.05, 0.1) is 6.54 Å². The van der Waals surface area contributed by atoms with E-state index in [4.69, 9.17) is 10.5 Å². The molecule has 0 bridgehead atoms. The fourth-order valence-electron chi connectivity index (χ4n) is 2.31. The number of halogens is 1. The molecular weight excluding hydrogens is 419 g/mol. The van der Waals surface area contributed by atoms with Crippen LogP contribution in [0.5, 0.6) is 5.75 Å². The van der Waals surface area contributed by atoms with Gasteiger partial charge < -0.3 is 21.1 Å². The first-order valence-corrected chi connectivity index (χ1v) is 7.87. The lowest BCUT2D eigenvalue weighted by Crippen LogP contribution is -2.42. The van der Waals surface area contributed by atoms with Gasteiger partial charge in [0.2, 0.25) is 0 Å². The van der Waals surface area contributed by atoms with Crippen LogP contribution in [0.1, 0.15) is 25.3 Å². The van der Waals surface area contributed by atoms with E-state index in [9.17, 15) is 4.79 Å². The summed E-state index contributed by atoms with van der Waals surface area (Å²) in [6, 6.07) is 7.93. The molecule has 2 rings (SSSR count). The normalized spacial score (nSPS) is 14.1. The summed E-state index contributed by atoms with van der Waals surface area (Å²) < 4.78 is 5.31. The molecule has 7 heteroatoms. The third-order valence-corrected chi connectivity index (χ3v) is 3.39. The predicted molar refractivity (Wildman–Crippen MR) is 107 cm³/mol. The van der Waals surface area contributed by atoms with Gasteiger partial charge in [-0.1, -0.05) is 24.3 Å². The highest BCUT2D eigenvalue weighted by atomic mass is 127. The highest BCUT2D eigenvalue weighted by molar-refractivity contribution is 14.0. The van der Waals surface area contributed by atoms with Crippen LogP contribution < -0.4 is 21.1 Å². The summed E-state index contributed by atoms with van der Waals surface area (Å²) in [5.41, 5.74) is 6.09. The lowest BCUT2D eigenvalue weighted by molar-refractivity contribution is -0.119. The van der Waals surface area contributed by atoms with E-state index in [1.54, 1.807) is 6.07 Å². The summed E-state index contributed by atoms with van der Waals surface area (Å²) in [4.78, 5) is 15.4. The van der Waals surface area contributed by atoms with Crippen molar-refractivity contribution < 1.29 is 9.53 Å². The number of aliphatic imine (C=N–C) groups is 1. The Morgan fingerprint density at radius 2 is 2.12 bits per heavy atom. The van der Waals surface area contributed by atoms with Crippen molar-refractivity contribution in [2.45, 2.75) is 32.4 Å². The van der Waals surface area contributed by atoms with E-state index >= 15 is 0 Å². The number of nitrogens with two attached hydrogens (primary N) is 1. The Bertz CT molecular complexity index is 582. The third-order valence-electron chi connectivity index (χ3n) is 3.39. The maximum Gasteiger partial charge on any atom is 0.255 e. The SMILES string of the molecule is CCNC(=NCc1cccc(OCC(N)=O)c1)NC1CC=CC1.I. The Morgan fingerprint density at radius 3 is 2.79 bits per heavy atom. The predicted octanol–water partition coefficient (Wildman–Crippen LogP) is 1.94. The number of carbonyl (C=O) groups is 1. The number of carbonyl (C=O) groups excluding carboxylic acids is 1. The topological polar surface area (TPSA) is 88.7 Å². The number of nitrogens with zero attached hydrogens (tertiary/aromatic N) is 1. The molecule has 24 heavy (non-hydrogen) atoms. The molecule has 0 aromatic heterocycles. The summed E-state index contributed by atoms with van der Waals surface area (Å²) in [5.74, 6) is 0.941. The van der Waals surface area contributed by atoms with E-state index in [-0.39, 0.29) is 30.6 Å². The zero-order chi connectivity index (χ0) is 16.5. The minimum absolute atomic E-state index is 0. The molecule has 0 saturated heterocycles. The van der Waals surface area contributed by atoms with Gasteiger partial charge in [-0.05, 0) is 37.5 Å². The van der Waals surface area contributed by atoms with Crippen LogP contribution in [-0.4, -0.2) is 31.1 Å². The van der Waals surface area contributed by atoms with Gasteiger partial charge in [-0.25, -0.2) is 4.99 Å². The van der Waals surface area contributed by atoms with E-state index in [2.05, 4.69) is 27.8 Å². The molecule has 0 radical (unpaired) electrons. The van der Waals surface area contributed by atoms with E-state index < -0.39 is 5.91 Å². The fraction of sp³-hybridized carbons (Fsp3) is 0.412. The zero-order valence-corrected chi connectivity index (χ0v) is 16.2. The smallest absolute Gasteiger partial charge is 0.255 e. The maximum absolute atomic E-state index is 10.8. The lowest BCUT2D eigenvalue weighted by atomic mass is 10.2. The molecule has 0 aliphatic heterocycles. The van der Waals surface area contributed by atoms with Crippen molar-refractivity contribution in [1.29, 1.82) is 0 Å². The second-order valence-corrected chi connectivity index (χ2v) is 5.38. The van der Waals surface area contributed by atoms with Crippen LogP contribution >= 0.6 is 24.0 Å². The minimum atomic E-state index is -0.489. The van der Waals surface area contributed by atoms with Crippen LogP contribution in [0.25, 0.3) is 0 Å². The highest BCUT2D eigenvalue weighted by Crippen LogP contribution is 2.14. The Hall–Kier alpha value is -1.77. The number of guanidine groups is 1. The standard InChI is InChI=1S/C17H24N4O2.HI/c1-2-19-17(21-14-7-3-4-8-14)20-11-13-6-5-9-15(10-13)23-12-16(18)22;/h3-6,9-10,14H,2,7-8,11-12H2,1H3,(H2,18,22)(H2,19,20,21);1H. The Morgan fingerprint density at radius 1 is 1.38 bits per heavy atom. The summed E-state index contributed by atoms with van der Waals surface area (Å²) in [7, 11) is 0. The number of nitrogens with one attached hydrogen (secondary N) is 2. The second-order valence-electron chi connectivity index (χ2n) is 5.38. The summed E-state index contributed by atoms with van der Waals surface area (Å²) >= 11 is 0. The number of hydrogen-bond donors (Lipinski definition) is 3. The highest BCUT2D eigenvalue weighted by Gasteiger charge is 2.11. The Labute approximate surface area is 160 Å². The van der Waals surface area contributed by atoms with E-state index in [0.717, 1.165) is 30.9 Å². The van der Waals surface area contributed by atoms with Gasteiger partial charge in [0, 0.05) is 12.6 Å². The number of rotatable bonds is 7. The zero-order valence-electron chi connectivity index (χ0n) is 13.8. The van der Waals surface area contributed by atoms with Gasteiger partial charge >= 0.3 is 0 Å². The fourth-order valence-corrected chi connectivity index (χ4v) is 2.31. The Kier molecular flexibility index (Phi) is 9.21.